The van der Waals surface area contributed by atoms with Gasteiger partial charge in [-0.3, -0.25) is 14.4 Å². The van der Waals surface area contributed by atoms with Crippen molar-refractivity contribution in [3.8, 4) is 0 Å². The molecule has 0 aliphatic rings. The summed E-state index contributed by atoms with van der Waals surface area (Å²) in [5, 5.41) is 0. The molecule has 0 amide bonds. The summed E-state index contributed by atoms with van der Waals surface area (Å²) in [4.78, 5) is 38.2. The minimum atomic E-state index is -0.767. The van der Waals surface area contributed by atoms with Gasteiger partial charge in [0.25, 0.3) is 0 Å². The van der Waals surface area contributed by atoms with Crippen molar-refractivity contribution in [2.75, 3.05) is 13.2 Å². The Morgan fingerprint density at radius 1 is 0.250 bits per heavy atom. The van der Waals surface area contributed by atoms with E-state index in [0.717, 1.165) is 57.8 Å². The molecule has 0 saturated carbocycles. The average molecular weight is 1070 g/mol. The zero-order valence-corrected chi connectivity index (χ0v) is 51.6. The SMILES string of the molecule is CCCCCCCCCC/C=C\CCCCCCCCCCCCCCCCCCCC(=O)OCC(COC(=O)CCCCCCCCCC)OC(=O)CCCCCCCCCCC/C=C\CCCCCCCCCC. The van der Waals surface area contributed by atoms with Crippen LogP contribution in [0.2, 0.25) is 0 Å². The van der Waals surface area contributed by atoms with Gasteiger partial charge >= 0.3 is 17.9 Å². The van der Waals surface area contributed by atoms with Crippen LogP contribution in [0.3, 0.4) is 0 Å². The highest BCUT2D eigenvalue weighted by Gasteiger charge is 2.19. The van der Waals surface area contributed by atoms with Crippen LogP contribution in [-0.4, -0.2) is 37.2 Å². The van der Waals surface area contributed by atoms with Crippen molar-refractivity contribution in [3.05, 3.63) is 24.3 Å². The lowest BCUT2D eigenvalue weighted by molar-refractivity contribution is -0.167. The number of carbonyl (C=O) groups is 3. The van der Waals surface area contributed by atoms with Crippen LogP contribution in [0, 0.1) is 0 Å². The van der Waals surface area contributed by atoms with E-state index in [-0.39, 0.29) is 31.1 Å². The van der Waals surface area contributed by atoms with E-state index >= 15 is 0 Å². The summed E-state index contributed by atoms with van der Waals surface area (Å²) in [7, 11) is 0. The van der Waals surface area contributed by atoms with Gasteiger partial charge in [0.15, 0.2) is 6.10 Å². The summed E-state index contributed by atoms with van der Waals surface area (Å²) in [6.07, 6.45) is 79.4. The van der Waals surface area contributed by atoms with Gasteiger partial charge in [0.2, 0.25) is 0 Å². The molecule has 0 heterocycles. The summed E-state index contributed by atoms with van der Waals surface area (Å²) < 4.78 is 16.9. The van der Waals surface area contributed by atoms with E-state index in [0.29, 0.717) is 19.3 Å². The van der Waals surface area contributed by atoms with Gasteiger partial charge in [-0.2, -0.15) is 0 Å². The number of allylic oxidation sites excluding steroid dienone is 4. The monoisotopic (exact) mass is 1070 g/mol. The second-order valence-electron chi connectivity index (χ2n) is 23.4. The topological polar surface area (TPSA) is 78.9 Å². The number of esters is 3. The Kier molecular flexibility index (Phi) is 63.6. The predicted molar refractivity (Wildman–Crippen MR) is 330 cm³/mol. The molecule has 6 nitrogen and oxygen atoms in total. The third-order valence-corrected chi connectivity index (χ3v) is 15.7. The minimum Gasteiger partial charge on any atom is -0.462 e. The molecule has 0 fully saturated rings. The fourth-order valence-corrected chi connectivity index (χ4v) is 10.5. The summed E-state index contributed by atoms with van der Waals surface area (Å²) >= 11 is 0. The van der Waals surface area contributed by atoms with Crippen molar-refractivity contribution < 1.29 is 28.6 Å². The molecular formula is C70H132O6. The molecule has 0 aliphatic carbocycles. The second-order valence-corrected chi connectivity index (χ2v) is 23.4. The predicted octanol–water partition coefficient (Wildman–Crippen LogP) is 23.4. The number of rotatable bonds is 64. The number of ether oxygens (including phenoxy) is 3. The average Bonchev–Trinajstić information content (AvgIpc) is 3.42. The maximum Gasteiger partial charge on any atom is 0.306 e. The van der Waals surface area contributed by atoms with Crippen molar-refractivity contribution in [1.29, 1.82) is 0 Å². The highest BCUT2D eigenvalue weighted by Crippen LogP contribution is 2.18. The molecule has 76 heavy (non-hydrogen) atoms. The van der Waals surface area contributed by atoms with Gasteiger partial charge < -0.3 is 14.2 Å². The molecule has 0 radical (unpaired) electrons. The molecule has 448 valence electrons. The molecule has 1 atom stereocenters. The van der Waals surface area contributed by atoms with Gasteiger partial charge in [-0.25, -0.2) is 0 Å². The number of hydrogen-bond acceptors (Lipinski definition) is 6. The van der Waals surface area contributed by atoms with E-state index in [1.807, 2.05) is 0 Å². The van der Waals surface area contributed by atoms with Gasteiger partial charge in [-0.1, -0.05) is 321 Å². The lowest BCUT2D eigenvalue weighted by Gasteiger charge is -2.18. The Morgan fingerprint density at radius 2 is 0.434 bits per heavy atom. The fourth-order valence-electron chi connectivity index (χ4n) is 10.5. The molecule has 0 rings (SSSR count). The van der Waals surface area contributed by atoms with Crippen LogP contribution >= 0.6 is 0 Å². The Bertz CT molecular complexity index is 1230. The molecule has 0 spiro atoms. The third-order valence-electron chi connectivity index (χ3n) is 15.7. The molecule has 1 unspecified atom stereocenters. The first-order chi connectivity index (χ1) is 37.5. The zero-order valence-electron chi connectivity index (χ0n) is 51.6. The van der Waals surface area contributed by atoms with Crippen LogP contribution in [0.4, 0.5) is 0 Å². The van der Waals surface area contributed by atoms with E-state index in [9.17, 15) is 14.4 Å². The van der Waals surface area contributed by atoms with Crippen LogP contribution in [0.25, 0.3) is 0 Å². The van der Waals surface area contributed by atoms with Crippen LogP contribution in [0.5, 0.6) is 0 Å². The molecule has 0 aromatic heterocycles. The Balaban J connectivity index is 4.06. The maximum absolute atomic E-state index is 12.9. The number of unbranched alkanes of at least 4 members (excludes halogenated alkanes) is 49. The molecule has 0 aromatic carbocycles. The molecular weight excluding hydrogens is 937 g/mol. The zero-order chi connectivity index (χ0) is 55.0. The molecule has 0 aromatic rings. The second kappa shape index (κ2) is 65.4. The molecule has 0 N–H and O–H groups in total. The number of hydrogen-bond donors (Lipinski definition) is 0. The van der Waals surface area contributed by atoms with Crippen molar-refractivity contribution in [1.82, 2.24) is 0 Å². The van der Waals surface area contributed by atoms with Crippen molar-refractivity contribution in [3.63, 3.8) is 0 Å². The normalized spacial score (nSPS) is 12.1. The van der Waals surface area contributed by atoms with Crippen LogP contribution in [-0.2, 0) is 28.6 Å². The summed E-state index contributed by atoms with van der Waals surface area (Å²) in [5.41, 5.74) is 0. The highest BCUT2D eigenvalue weighted by molar-refractivity contribution is 5.71. The van der Waals surface area contributed by atoms with Crippen molar-refractivity contribution in [2.24, 2.45) is 0 Å². The van der Waals surface area contributed by atoms with E-state index in [1.165, 1.54) is 289 Å². The van der Waals surface area contributed by atoms with E-state index in [1.54, 1.807) is 0 Å². The van der Waals surface area contributed by atoms with Gasteiger partial charge in [0.05, 0.1) is 0 Å². The molecule has 0 saturated heterocycles. The number of carbonyl (C=O) groups excluding carboxylic acids is 3. The van der Waals surface area contributed by atoms with Crippen LogP contribution in [0.15, 0.2) is 24.3 Å². The molecule has 0 aliphatic heterocycles. The van der Waals surface area contributed by atoms with Gasteiger partial charge in [0, 0.05) is 19.3 Å². The summed E-state index contributed by atoms with van der Waals surface area (Å²) in [5.74, 6) is -0.847. The van der Waals surface area contributed by atoms with E-state index in [2.05, 4.69) is 45.1 Å². The van der Waals surface area contributed by atoms with E-state index < -0.39 is 6.10 Å². The van der Waals surface area contributed by atoms with Crippen molar-refractivity contribution in [2.45, 2.75) is 393 Å². The first-order valence-electron chi connectivity index (χ1n) is 34.3. The van der Waals surface area contributed by atoms with Crippen LogP contribution < -0.4 is 0 Å². The maximum atomic E-state index is 12.9. The lowest BCUT2D eigenvalue weighted by Crippen LogP contribution is -2.30. The van der Waals surface area contributed by atoms with Gasteiger partial charge in [0.1, 0.15) is 13.2 Å². The molecule has 0 bridgehead atoms. The Morgan fingerprint density at radius 3 is 0.658 bits per heavy atom. The minimum absolute atomic E-state index is 0.0665. The Labute approximate surface area is 474 Å². The summed E-state index contributed by atoms with van der Waals surface area (Å²) in [6, 6.07) is 0. The standard InChI is InChI=1S/C70H132O6/c1-4-7-10-13-16-19-21-23-25-27-29-31-32-33-34-35-36-37-38-40-41-43-45-47-49-51-54-57-60-63-69(72)75-66-67(65-74-68(71)62-59-56-53-18-15-12-9-6-3)76-70(73)64-61-58-55-52-50-48-46-44-42-39-30-28-26-24-22-20-17-14-11-8-5-2/h27-30,67H,4-26,31-66H2,1-3H3/b29-27-,30-28-. The first-order valence-corrected chi connectivity index (χ1v) is 34.3. The lowest BCUT2D eigenvalue weighted by atomic mass is 10.0. The highest BCUT2D eigenvalue weighted by atomic mass is 16.6. The summed E-state index contributed by atoms with van der Waals surface area (Å²) in [6.45, 7) is 6.68. The van der Waals surface area contributed by atoms with Crippen LogP contribution in [0.1, 0.15) is 387 Å². The first kappa shape index (κ1) is 73.9. The Hall–Kier alpha value is -2.11. The fraction of sp³-hybridized carbons (Fsp3) is 0.900. The van der Waals surface area contributed by atoms with Gasteiger partial charge in [-0.05, 0) is 70.6 Å². The van der Waals surface area contributed by atoms with Crippen molar-refractivity contribution >= 4 is 17.9 Å². The largest absolute Gasteiger partial charge is 0.462 e. The third kappa shape index (κ3) is 62.7. The molecule has 6 heteroatoms. The van der Waals surface area contributed by atoms with Gasteiger partial charge in [-0.15, -0.1) is 0 Å². The quantitative estimate of drug-likeness (QED) is 0.0261. The van der Waals surface area contributed by atoms with E-state index in [4.69, 9.17) is 14.2 Å². The smallest absolute Gasteiger partial charge is 0.306 e.